The van der Waals surface area contributed by atoms with E-state index in [0.29, 0.717) is 24.2 Å². The van der Waals surface area contributed by atoms with Crippen LogP contribution in [0.15, 0.2) is 54.6 Å². The molecule has 4 rings (SSSR count). The average molecular weight is 417 g/mol. The molecule has 162 valence electrons. The Labute approximate surface area is 185 Å². The topological polar surface area (TPSA) is 38.7 Å². The number of fused-ring (bicyclic) bond motifs is 1. The second-order valence-corrected chi connectivity index (χ2v) is 8.81. The molecule has 0 bridgehead atoms. The summed E-state index contributed by atoms with van der Waals surface area (Å²) in [5.74, 6) is 3.77. The van der Waals surface area contributed by atoms with Gasteiger partial charge in [-0.05, 0) is 73.4 Å². The Morgan fingerprint density at radius 2 is 1.84 bits per heavy atom. The van der Waals surface area contributed by atoms with Crippen molar-refractivity contribution in [2.45, 2.75) is 65.4 Å². The summed E-state index contributed by atoms with van der Waals surface area (Å²) in [6.07, 6.45) is 3.04. The number of phenolic OH excluding ortho intramolecular Hbond substituents is 1. The number of hydrogen-bond donors (Lipinski definition) is 1. The van der Waals surface area contributed by atoms with Crippen molar-refractivity contribution in [3.05, 3.63) is 82.4 Å². The van der Waals surface area contributed by atoms with E-state index < -0.39 is 0 Å². The van der Waals surface area contributed by atoms with Crippen molar-refractivity contribution < 1.29 is 14.6 Å². The minimum Gasteiger partial charge on any atom is -0.508 e. The van der Waals surface area contributed by atoms with Gasteiger partial charge in [-0.25, -0.2) is 0 Å². The molecule has 3 nitrogen and oxygen atoms in total. The lowest BCUT2D eigenvalue weighted by Crippen LogP contribution is -2.02. The molecule has 0 heterocycles. The summed E-state index contributed by atoms with van der Waals surface area (Å²) in [5.41, 5.74) is 5.51. The summed E-state index contributed by atoms with van der Waals surface area (Å²) in [4.78, 5) is 0. The van der Waals surface area contributed by atoms with Crippen LogP contribution in [0.3, 0.4) is 0 Å². The maximum atomic E-state index is 10.5. The molecule has 1 N–H and O–H groups in total. The monoisotopic (exact) mass is 416 g/mol. The third-order valence-corrected chi connectivity index (χ3v) is 6.29. The van der Waals surface area contributed by atoms with Gasteiger partial charge >= 0.3 is 0 Å². The summed E-state index contributed by atoms with van der Waals surface area (Å²) in [5, 5.41) is 10.5. The SMILES string of the molecule is CCC1CCc2c(O)cc(C)c(Oc3ccc(OCc4ccccc4)c(C(C)C)c3)c21. The molecule has 0 saturated carbocycles. The van der Waals surface area contributed by atoms with E-state index in [1.54, 1.807) is 0 Å². The Hall–Kier alpha value is -2.94. The van der Waals surface area contributed by atoms with E-state index in [1.807, 2.05) is 43.3 Å². The van der Waals surface area contributed by atoms with E-state index in [2.05, 4.69) is 39.0 Å². The molecule has 1 aliphatic rings. The van der Waals surface area contributed by atoms with Gasteiger partial charge in [0.15, 0.2) is 0 Å². The smallest absolute Gasteiger partial charge is 0.134 e. The highest BCUT2D eigenvalue weighted by atomic mass is 16.5. The van der Waals surface area contributed by atoms with Gasteiger partial charge < -0.3 is 14.6 Å². The first-order valence-corrected chi connectivity index (χ1v) is 11.3. The van der Waals surface area contributed by atoms with Crippen molar-refractivity contribution in [3.63, 3.8) is 0 Å². The molecule has 0 aliphatic heterocycles. The minimum absolute atomic E-state index is 0.310. The molecule has 1 atom stereocenters. The van der Waals surface area contributed by atoms with Crippen LogP contribution >= 0.6 is 0 Å². The molecule has 3 aromatic carbocycles. The molecule has 1 aliphatic carbocycles. The third kappa shape index (κ3) is 4.41. The fraction of sp³-hybridized carbons (Fsp3) is 0.357. The van der Waals surface area contributed by atoms with Crippen LogP contribution in [-0.2, 0) is 13.0 Å². The summed E-state index contributed by atoms with van der Waals surface area (Å²) < 4.78 is 12.6. The summed E-state index contributed by atoms with van der Waals surface area (Å²) in [6.45, 7) is 9.11. The van der Waals surface area contributed by atoms with Crippen molar-refractivity contribution in [1.29, 1.82) is 0 Å². The van der Waals surface area contributed by atoms with Gasteiger partial charge in [-0.15, -0.1) is 0 Å². The number of phenols is 1. The third-order valence-electron chi connectivity index (χ3n) is 6.29. The molecule has 1 unspecified atom stereocenters. The van der Waals surface area contributed by atoms with Gasteiger partial charge in [-0.2, -0.15) is 0 Å². The average Bonchev–Trinajstić information content (AvgIpc) is 3.21. The Morgan fingerprint density at radius 3 is 2.55 bits per heavy atom. The highest BCUT2D eigenvalue weighted by Crippen LogP contribution is 2.48. The Morgan fingerprint density at radius 1 is 1.06 bits per heavy atom. The Kier molecular flexibility index (Phi) is 6.22. The molecule has 3 heteroatoms. The van der Waals surface area contributed by atoms with Gasteiger partial charge in [0.2, 0.25) is 0 Å². The van der Waals surface area contributed by atoms with Gasteiger partial charge in [-0.3, -0.25) is 0 Å². The van der Waals surface area contributed by atoms with Gasteiger partial charge in [0.25, 0.3) is 0 Å². The number of ether oxygens (including phenoxy) is 2. The van der Waals surface area contributed by atoms with Gasteiger partial charge in [0.05, 0.1) is 0 Å². The van der Waals surface area contributed by atoms with Crippen LogP contribution in [0, 0.1) is 6.92 Å². The van der Waals surface area contributed by atoms with Crippen molar-refractivity contribution >= 4 is 0 Å². The van der Waals surface area contributed by atoms with Gasteiger partial charge in [0, 0.05) is 16.7 Å². The van der Waals surface area contributed by atoms with Crippen molar-refractivity contribution in [2.24, 2.45) is 0 Å². The van der Waals surface area contributed by atoms with Crippen molar-refractivity contribution in [3.8, 4) is 23.0 Å². The standard InChI is InChI=1S/C28H32O3/c1-5-21-11-13-23-25(29)15-19(4)28(27(21)23)31-22-12-14-26(24(16-22)18(2)3)30-17-20-9-7-6-8-10-20/h6-10,12,14-16,18,21,29H,5,11,13,17H2,1-4H3. The van der Waals surface area contributed by atoms with Crippen molar-refractivity contribution in [2.75, 3.05) is 0 Å². The minimum atomic E-state index is 0.310. The zero-order valence-corrected chi connectivity index (χ0v) is 18.9. The zero-order valence-electron chi connectivity index (χ0n) is 18.9. The summed E-state index contributed by atoms with van der Waals surface area (Å²) in [7, 11) is 0. The highest BCUT2D eigenvalue weighted by Gasteiger charge is 2.29. The first-order chi connectivity index (χ1) is 15.0. The van der Waals surface area contributed by atoms with E-state index in [4.69, 9.17) is 9.47 Å². The predicted octanol–water partition coefficient (Wildman–Crippen LogP) is 7.64. The van der Waals surface area contributed by atoms with E-state index in [-0.39, 0.29) is 0 Å². The van der Waals surface area contributed by atoms with E-state index in [1.165, 1.54) is 5.56 Å². The first-order valence-electron chi connectivity index (χ1n) is 11.3. The van der Waals surface area contributed by atoms with Gasteiger partial charge in [-0.1, -0.05) is 51.1 Å². The molecule has 0 radical (unpaired) electrons. The lowest BCUT2D eigenvalue weighted by Gasteiger charge is -2.20. The van der Waals surface area contributed by atoms with Crippen LogP contribution in [0.25, 0.3) is 0 Å². The number of hydrogen-bond acceptors (Lipinski definition) is 3. The molecular formula is C28H32O3. The number of aromatic hydroxyl groups is 1. The Bertz CT molecular complexity index is 1050. The highest BCUT2D eigenvalue weighted by molar-refractivity contribution is 5.58. The van der Waals surface area contributed by atoms with Crippen LogP contribution in [0.2, 0.25) is 0 Å². The quantitative estimate of drug-likeness (QED) is 0.430. The second-order valence-electron chi connectivity index (χ2n) is 8.81. The zero-order chi connectivity index (χ0) is 22.0. The number of aryl methyl sites for hydroxylation is 1. The molecule has 3 aromatic rings. The molecule has 0 aromatic heterocycles. The second kappa shape index (κ2) is 9.05. The number of benzene rings is 3. The fourth-order valence-electron chi connectivity index (χ4n) is 4.57. The normalized spacial score (nSPS) is 15.2. The molecule has 31 heavy (non-hydrogen) atoms. The lowest BCUT2D eigenvalue weighted by molar-refractivity contribution is 0.301. The predicted molar refractivity (Wildman–Crippen MR) is 126 cm³/mol. The first kappa shape index (κ1) is 21.3. The maximum Gasteiger partial charge on any atom is 0.134 e. The largest absolute Gasteiger partial charge is 0.508 e. The Balaban J connectivity index is 1.63. The van der Waals surface area contributed by atoms with Gasteiger partial charge in [0.1, 0.15) is 29.6 Å². The van der Waals surface area contributed by atoms with E-state index in [9.17, 15) is 5.11 Å². The van der Waals surface area contributed by atoms with Crippen molar-refractivity contribution in [1.82, 2.24) is 0 Å². The molecule has 0 fully saturated rings. The van der Waals surface area contributed by atoms with Crippen LogP contribution in [0.1, 0.15) is 73.3 Å². The van der Waals surface area contributed by atoms with Crippen LogP contribution in [-0.4, -0.2) is 5.11 Å². The van der Waals surface area contributed by atoms with Crippen LogP contribution < -0.4 is 9.47 Å². The maximum absolute atomic E-state index is 10.5. The summed E-state index contributed by atoms with van der Waals surface area (Å²) in [6, 6.07) is 18.2. The van der Waals surface area contributed by atoms with E-state index >= 15 is 0 Å². The van der Waals surface area contributed by atoms with Crippen LogP contribution in [0.5, 0.6) is 23.0 Å². The molecule has 0 saturated heterocycles. The summed E-state index contributed by atoms with van der Waals surface area (Å²) >= 11 is 0. The lowest BCUT2D eigenvalue weighted by atomic mass is 9.95. The molecular weight excluding hydrogens is 384 g/mol. The van der Waals surface area contributed by atoms with E-state index in [0.717, 1.165) is 58.8 Å². The number of rotatable bonds is 7. The fourth-order valence-corrected chi connectivity index (χ4v) is 4.57. The molecule has 0 amide bonds. The van der Waals surface area contributed by atoms with Crippen LogP contribution in [0.4, 0.5) is 0 Å². The molecule has 0 spiro atoms.